The first-order chi connectivity index (χ1) is 10.1. The lowest BCUT2D eigenvalue weighted by molar-refractivity contribution is -0.116. The molecule has 21 heavy (non-hydrogen) atoms. The zero-order chi connectivity index (χ0) is 14.9. The van der Waals surface area contributed by atoms with Crippen LogP contribution in [0.2, 0.25) is 0 Å². The summed E-state index contributed by atoms with van der Waals surface area (Å²) in [5, 5.41) is 6.47. The van der Waals surface area contributed by atoms with E-state index in [0.29, 0.717) is 11.8 Å². The van der Waals surface area contributed by atoms with E-state index in [1.807, 2.05) is 6.07 Å². The van der Waals surface area contributed by atoms with Gasteiger partial charge in [-0.2, -0.15) is 0 Å². The number of amides is 1. The number of anilines is 3. The third kappa shape index (κ3) is 2.85. The summed E-state index contributed by atoms with van der Waals surface area (Å²) in [5.74, 6) is 0.0819. The van der Waals surface area contributed by atoms with Crippen LogP contribution in [0.4, 0.5) is 17.1 Å². The first-order valence-electron chi connectivity index (χ1n) is 8.08. The van der Waals surface area contributed by atoms with E-state index in [1.54, 1.807) is 0 Å². The lowest BCUT2D eigenvalue weighted by Crippen LogP contribution is -2.26. The molecule has 2 aliphatic rings. The Bertz CT molecular complexity index is 547. The molecule has 1 fully saturated rings. The number of carbonyl (C=O) groups excluding carboxylic acids is 1. The number of hydrogen-bond acceptors (Lipinski definition) is 3. The Morgan fingerprint density at radius 2 is 2.05 bits per heavy atom. The van der Waals surface area contributed by atoms with Crippen molar-refractivity contribution in [3.05, 3.63) is 17.7 Å². The molecule has 1 saturated carbocycles. The highest BCUT2D eigenvalue weighted by Crippen LogP contribution is 2.41. The van der Waals surface area contributed by atoms with Gasteiger partial charge in [0.2, 0.25) is 5.91 Å². The fourth-order valence-electron chi connectivity index (χ4n) is 3.66. The second-order valence-electron chi connectivity index (χ2n) is 6.56. The van der Waals surface area contributed by atoms with Crippen LogP contribution in [-0.2, 0) is 11.2 Å². The van der Waals surface area contributed by atoms with Gasteiger partial charge in [0.05, 0.1) is 11.4 Å². The van der Waals surface area contributed by atoms with E-state index in [2.05, 4.69) is 23.6 Å². The number of aryl methyl sites for hydroxylation is 1. The van der Waals surface area contributed by atoms with Crippen LogP contribution in [0.25, 0.3) is 0 Å². The van der Waals surface area contributed by atoms with E-state index in [9.17, 15) is 4.79 Å². The number of nitrogens with one attached hydrogen (secondary N) is 2. The summed E-state index contributed by atoms with van der Waals surface area (Å²) >= 11 is 0. The van der Waals surface area contributed by atoms with Crippen LogP contribution >= 0.6 is 0 Å². The molecule has 4 nitrogen and oxygen atoms in total. The SMILES string of the molecule is CCC1(CNc2cc3c(cc2N)NC(=O)CC3)CCCC1. The summed E-state index contributed by atoms with van der Waals surface area (Å²) in [6, 6.07) is 4.00. The molecule has 3 rings (SSSR count). The molecule has 1 aromatic rings. The number of benzene rings is 1. The van der Waals surface area contributed by atoms with Crippen LogP contribution in [0.3, 0.4) is 0 Å². The van der Waals surface area contributed by atoms with Crippen molar-refractivity contribution in [2.75, 3.05) is 22.9 Å². The van der Waals surface area contributed by atoms with Gasteiger partial charge in [-0.25, -0.2) is 0 Å². The molecule has 1 aliphatic heterocycles. The van der Waals surface area contributed by atoms with Crippen LogP contribution in [0, 0.1) is 5.41 Å². The number of hydrogen-bond donors (Lipinski definition) is 3. The summed E-state index contributed by atoms with van der Waals surface area (Å²) < 4.78 is 0. The monoisotopic (exact) mass is 287 g/mol. The Morgan fingerprint density at radius 1 is 1.29 bits per heavy atom. The number of nitrogen functional groups attached to an aromatic ring is 1. The van der Waals surface area contributed by atoms with E-state index in [1.165, 1.54) is 37.7 Å². The van der Waals surface area contributed by atoms with Gasteiger partial charge in [-0.1, -0.05) is 19.8 Å². The van der Waals surface area contributed by atoms with Crippen molar-refractivity contribution in [2.24, 2.45) is 5.41 Å². The van der Waals surface area contributed by atoms with Crippen molar-refractivity contribution in [3.63, 3.8) is 0 Å². The molecule has 0 radical (unpaired) electrons. The average Bonchev–Trinajstić information content (AvgIpc) is 2.94. The Kier molecular flexibility index (Phi) is 3.79. The minimum atomic E-state index is 0.0819. The van der Waals surface area contributed by atoms with Crippen molar-refractivity contribution in [3.8, 4) is 0 Å². The van der Waals surface area contributed by atoms with Gasteiger partial charge in [0.15, 0.2) is 0 Å². The number of fused-ring (bicyclic) bond motifs is 1. The summed E-state index contributed by atoms with van der Waals surface area (Å²) in [6.07, 6.45) is 7.92. The van der Waals surface area contributed by atoms with Crippen molar-refractivity contribution < 1.29 is 4.79 Å². The summed E-state index contributed by atoms with van der Waals surface area (Å²) in [4.78, 5) is 11.4. The molecule has 0 atom stereocenters. The highest BCUT2D eigenvalue weighted by atomic mass is 16.1. The van der Waals surface area contributed by atoms with Crippen LogP contribution in [0.15, 0.2) is 12.1 Å². The fraction of sp³-hybridized carbons (Fsp3) is 0.588. The van der Waals surface area contributed by atoms with Crippen molar-refractivity contribution in [2.45, 2.75) is 51.9 Å². The maximum atomic E-state index is 11.4. The van der Waals surface area contributed by atoms with Crippen LogP contribution in [-0.4, -0.2) is 12.5 Å². The highest BCUT2D eigenvalue weighted by Gasteiger charge is 2.31. The number of rotatable bonds is 4. The van der Waals surface area contributed by atoms with Crippen LogP contribution < -0.4 is 16.4 Å². The van der Waals surface area contributed by atoms with Crippen LogP contribution in [0.5, 0.6) is 0 Å². The molecule has 114 valence electrons. The minimum absolute atomic E-state index is 0.0819. The van der Waals surface area contributed by atoms with Gasteiger partial charge in [-0.3, -0.25) is 4.79 Å². The van der Waals surface area contributed by atoms with Gasteiger partial charge in [0, 0.05) is 18.7 Å². The van der Waals surface area contributed by atoms with E-state index in [4.69, 9.17) is 5.73 Å². The van der Waals surface area contributed by atoms with Crippen molar-refractivity contribution in [1.82, 2.24) is 0 Å². The van der Waals surface area contributed by atoms with Crippen molar-refractivity contribution >= 4 is 23.0 Å². The molecule has 0 bridgehead atoms. The zero-order valence-corrected chi connectivity index (χ0v) is 12.8. The lowest BCUT2D eigenvalue weighted by Gasteiger charge is -2.29. The number of carbonyl (C=O) groups is 1. The Labute approximate surface area is 126 Å². The minimum Gasteiger partial charge on any atom is -0.397 e. The van der Waals surface area contributed by atoms with Gasteiger partial charge in [-0.15, -0.1) is 0 Å². The average molecular weight is 287 g/mol. The number of nitrogens with two attached hydrogens (primary N) is 1. The van der Waals surface area contributed by atoms with Gasteiger partial charge < -0.3 is 16.4 Å². The summed E-state index contributed by atoms with van der Waals surface area (Å²) in [7, 11) is 0. The summed E-state index contributed by atoms with van der Waals surface area (Å²) in [5.41, 5.74) is 10.4. The second kappa shape index (κ2) is 5.58. The van der Waals surface area contributed by atoms with E-state index >= 15 is 0 Å². The molecule has 4 heteroatoms. The fourth-order valence-corrected chi connectivity index (χ4v) is 3.66. The Morgan fingerprint density at radius 3 is 2.76 bits per heavy atom. The molecule has 1 heterocycles. The first kappa shape index (κ1) is 14.2. The standard InChI is InChI=1S/C17H25N3O/c1-2-17(7-3-4-8-17)11-19-15-9-12-5-6-16(21)20-14(12)10-13(15)18/h9-10,19H,2-8,11,18H2,1H3,(H,20,21). The molecule has 1 aliphatic carbocycles. The van der Waals surface area contributed by atoms with E-state index in [-0.39, 0.29) is 5.91 Å². The summed E-state index contributed by atoms with van der Waals surface area (Å²) in [6.45, 7) is 3.29. The molecule has 0 aromatic heterocycles. The predicted molar refractivity (Wildman–Crippen MR) is 87.5 cm³/mol. The quantitative estimate of drug-likeness (QED) is 0.742. The van der Waals surface area contributed by atoms with Gasteiger partial charge in [-0.05, 0) is 48.8 Å². The topological polar surface area (TPSA) is 67.2 Å². The smallest absolute Gasteiger partial charge is 0.224 e. The molecule has 4 N–H and O–H groups in total. The lowest BCUT2D eigenvalue weighted by atomic mass is 9.83. The maximum absolute atomic E-state index is 11.4. The predicted octanol–water partition coefficient (Wildman–Crippen LogP) is 3.54. The van der Waals surface area contributed by atoms with Crippen LogP contribution in [0.1, 0.15) is 51.0 Å². The highest BCUT2D eigenvalue weighted by molar-refractivity contribution is 5.95. The van der Waals surface area contributed by atoms with Crippen molar-refractivity contribution in [1.29, 1.82) is 0 Å². The first-order valence-corrected chi connectivity index (χ1v) is 8.08. The molecular formula is C17H25N3O. The van der Waals surface area contributed by atoms with Gasteiger partial charge in [0.1, 0.15) is 0 Å². The molecule has 1 amide bonds. The Balaban J connectivity index is 1.75. The zero-order valence-electron chi connectivity index (χ0n) is 12.8. The molecule has 0 saturated heterocycles. The maximum Gasteiger partial charge on any atom is 0.224 e. The largest absolute Gasteiger partial charge is 0.397 e. The third-order valence-electron chi connectivity index (χ3n) is 5.24. The van der Waals surface area contributed by atoms with E-state index in [0.717, 1.165) is 30.0 Å². The van der Waals surface area contributed by atoms with Gasteiger partial charge in [0.25, 0.3) is 0 Å². The molecule has 1 aromatic carbocycles. The normalized spacial score (nSPS) is 20.0. The molecular weight excluding hydrogens is 262 g/mol. The molecule has 0 spiro atoms. The van der Waals surface area contributed by atoms with Gasteiger partial charge >= 0.3 is 0 Å². The molecule has 0 unspecified atom stereocenters. The second-order valence-corrected chi connectivity index (χ2v) is 6.56. The Hall–Kier alpha value is -1.71. The van der Waals surface area contributed by atoms with E-state index < -0.39 is 0 Å². The third-order valence-corrected chi connectivity index (χ3v) is 5.24.